The lowest BCUT2D eigenvalue weighted by Gasteiger charge is -2.13. The number of halogens is 3. The van der Waals surface area contributed by atoms with E-state index in [-0.39, 0.29) is 23.5 Å². The maximum atomic E-state index is 13.4. The predicted octanol–water partition coefficient (Wildman–Crippen LogP) is 1.46. The molecule has 3 N–H and O–H groups in total. The van der Waals surface area contributed by atoms with E-state index < -0.39 is 29.3 Å². The zero-order valence-corrected chi connectivity index (χ0v) is 16.6. The van der Waals surface area contributed by atoms with Crippen molar-refractivity contribution in [3.63, 3.8) is 0 Å². The van der Waals surface area contributed by atoms with Crippen LogP contribution in [0.1, 0.15) is 28.2 Å². The molecule has 4 rings (SSSR count). The van der Waals surface area contributed by atoms with Gasteiger partial charge in [0, 0.05) is 37.3 Å². The zero-order valence-electron chi connectivity index (χ0n) is 16.6. The first-order chi connectivity index (χ1) is 15.0. The van der Waals surface area contributed by atoms with Crippen molar-refractivity contribution in [1.29, 1.82) is 0 Å². The van der Waals surface area contributed by atoms with Gasteiger partial charge in [-0.25, -0.2) is 9.97 Å². The molecule has 164 valence electrons. The van der Waals surface area contributed by atoms with Gasteiger partial charge < -0.3 is 15.7 Å². The van der Waals surface area contributed by atoms with E-state index in [0.717, 1.165) is 10.6 Å². The van der Waals surface area contributed by atoms with Gasteiger partial charge in [0.2, 0.25) is 5.60 Å². The number of fused-ring (bicyclic) bond motifs is 1. The number of nitrogens with two attached hydrogens (primary N) is 1. The summed E-state index contributed by atoms with van der Waals surface area (Å²) < 4.78 is 40.8. The molecular formula is C21H16F3N5O3. The first-order valence-electron chi connectivity index (χ1n) is 9.36. The minimum absolute atomic E-state index is 0.00385. The average molecular weight is 443 g/mol. The van der Waals surface area contributed by atoms with Crippen LogP contribution in [0, 0.1) is 11.8 Å². The second-order valence-electron chi connectivity index (χ2n) is 7.34. The Bertz CT molecular complexity index is 1320. The first kappa shape index (κ1) is 21.3. The van der Waals surface area contributed by atoms with Gasteiger partial charge in [-0.05, 0) is 12.1 Å². The third-order valence-corrected chi connectivity index (χ3v) is 5.09. The summed E-state index contributed by atoms with van der Waals surface area (Å²) in [4.78, 5) is 33.1. The Hall–Kier alpha value is -3.91. The Morgan fingerprint density at radius 2 is 2.09 bits per heavy atom. The van der Waals surface area contributed by atoms with Gasteiger partial charge in [0.1, 0.15) is 17.1 Å². The third-order valence-electron chi connectivity index (χ3n) is 5.09. The monoisotopic (exact) mass is 443 g/mol. The van der Waals surface area contributed by atoms with Crippen LogP contribution in [0.25, 0.3) is 16.9 Å². The number of nitrogens with zero attached hydrogens (tertiary/aromatic N) is 4. The van der Waals surface area contributed by atoms with Crippen molar-refractivity contribution >= 4 is 17.5 Å². The maximum absolute atomic E-state index is 13.4. The van der Waals surface area contributed by atoms with E-state index in [1.54, 1.807) is 25.2 Å². The largest absolute Gasteiger partial charge is 0.433 e. The Morgan fingerprint density at radius 3 is 2.72 bits per heavy atom. The molecule has 0 spiro atoms. The number of aliphatic hydroxyl groups is 1. The zero-order chi connectivity index (χ0) is 23.3. The molecule has 2 amide bonds. The van der Waals surface area contributed by atoms with E-state index in [4.69, 9.17) is 5.73 Å². The van der Waals surface area contributed by atoms with Crippen LogP contribution in [0.2, 0.25) is 0 Å². The third kappa shape index (κ3) is 3.65. The summed E-state index contributed by atoms with van der Waals surface area (Å²) in [5.74, 6) is 3.80. The highest BCUT2D eigenvalue weighted by atomic mass is 19.4. The molecule has 32 heavy (non-hydrogen) atoms. The molecule has 1 unspecified atom stereocenters. The van der Waals surface area contributed by atoms with Crippen molar-refractivity contribution in [2.24, 2.45) is 5.73 Å². The summed E-state index contributed by atoms with van der Waals surface area (Å²) in [6.45, 7) is 0.368. The maximum Gasteiger partial charge on any atom is 0.433 e. The summed E-state index contributed by atoms with van der Waals surface area (Å²) >= 11 is 0. The molecule has 2 aromatic heterocycles. The van der Waals surface area contributed by atoms with Crippen molar-refractivity contribution in [1.82, 2.24) is 19.3 Å². The standard InChI is InChI=1S/C21H16F3N5O3/c1-28-8-7-20(32,19(28)31)6-5-12-3-2-4-13(9-12)16-18-26-10-15(21(22,23)24)29(18)11-14(27-16)17(25)30/h2-4,9-11,32H,7-8H2,1H3,(H2,25,30). The number of hydrogen-bond acceptors (Lipinski definition) is 5. The molecule has 3 aromatic rings. The lowest BCUT2D eigenvalue weighted by molar-refractivity contribution is -0.141. The lowest BCUT2D eigenvalue weighted by Crippen LogP contribution is -2.37. The van der Waals surface area contributed by atoms with Crippen LogP contribution >= 0.6 is 0 Å². The number of imidazole rings is 1. The summed E-state index contributed by atoms with van der Waals surface area (Å²) in [5, 5.41) is 10.4. The van der Waals surface area contributed by atoms with Crippen LogP contribution in [0.15, 0.2) is 36.7 Å². The number of amides is 2. The van der Waals surface area contributed by atoms with Gasteiger partial charge in [-0.3, -0.25) is 14.0 Å². The van der Waals surface area contributed by atoms with Crippen LogP contribution in [0.4, 0.5) is 13.2 Å². The van der Waals surface area contributed by atoms with Gasteiger partial charge in [-0.2, -0.15) is 13.2 Å². The minimum atomic E-state index is -4.71. The fourth-order valence-corrected chi connectivity index (χ4v) is 3.40. The fraction of sp³-hybridized carbons (Fsp3) is 0.238. The second-order valence-corrected chi connectivity index (χ2v) is 7.34. The van der Waals surface area contributed by atoms with Crippen LogP contribution in [-0.4, -0.2) is 55.4 Å². The average Bonchev–Trinajstić information content (AvgIpc) is 3.29. The molecule has 1 fully saturated rings. The number of hydrogen-bond donors (Lipinski definition) is 2. The summed E-state index contributed by atoms with van der Waals surface area (Å²) in [5.41, 5.74) is 2.58. The first-order valence-corrected chi connectivity index (χ1v) is 9.36. The normalized spacial score (nSPS) is 18.7. The number of alkyl halides is 3. The van der Waals surface area contributed by atoms with Crippen molar-refractivity contribution in [2.75, 3.05) is 13.6 Å². The molecule has 8 nitrogen and oxygen atoms in total. The molecule has 1 aliphatic rings. The molecule has 1 aromatic carbocycles. The van der Waals surface area contributed by atoms with Gasteiger partial charge >= 0.3 is 6.18 Å². The number of likely N-dealkylation sites (N-methyl/N-ethyl adjacent to an activating group) is 1. The van der Waals surface area contributed by atoms with Gasteiger partial charge in [0.25, 0.3) is 11.8 Å². The minimum Gasteiger partial charge on any atom is -0.369 e. The molecule has 11 heteroatoms. The van der Waals surface area contributed by atoms with Crippen molar-refractivity contribution in [3.05, 3.63) is 53.6 Å². The van der Waals surface area contributed by atoms with Gasteiger partial charge in [-0.1, -0.05) is 24.0 Å². The van der Waals surface area contributed by atoms with Crippen molar-refractivity contribution in [3.8, 4) is 23.1 Å². The highest BCUT2D eigenvalue weighted by molar-refractivity contribution is 5.92. The van der Waals surface area contributed by atoms with Crippen LogP contribution in [-0.2, 0) is 11.0 Å². The highest BCUT2D eigenvalue weighted by Crippen LogP contribution is 2.32. The SMILES string of the molecule is CN1CCC(O)(C#Cc2cccc(-c3nc(C(N)=O)cn4c(C(F)(F)F)cnc34)c2)C1=O. The van der Waals surface area contributed by atoms with E-state index >= 15 is 0 Å². The molecule has 1 atom stereocenters. The van der Waals surface area contributed by atoms with Gasteiger partial charge in [0.15, 0.2) is 5.65 Å². The topological polar surface area (TPSA) is 114 Å². The fourth-order valence-electron chi connectivity index (χ4n) is 3.40. The summed E-state index contributed by atoms with van der Waals surface area (Å²) in [7, 11) is 1.56. The number of primary amides is 1. The quantitative estimate of drug-likeness (QED) is 0.582. The molecule has 0 bridgehead atoms. The van der Waals surface area contributed by atoms with E-state index in [2.05, 4.69) is 21.8 Å². The number of benzene rings is 1. The second kappa shape index (κ2) is 7.35. The van der Waals surface area contributed by atoms with Crippen LogP contribution in [0.3, 0.4) is 0 Å². The van der Waals surface area contributed by atoms with Crippen LogP contribution < -0.4 is 5.73 Å². The molecule has 0 saturated carbocycles. The summed E-state index contributed by atoms with van der Waals surface area (Å²) in [6, 6.07) is 6.25. The summed E-state index contributed by atoms with van der Waals surface area (Å²) in [6.07, 6.45) is -3.02. The Morgan fingerprint density at radius 1 is 1.34 bits per heavy atom. The Balaban J connectivity index is 1.83. The predicted molar refractivity (Wildman–Crippen MR) is 106 cm³/mol. The number of aromatic nitrogens is 3. The Kier molecular flexibility index (Phi) is 4.90. The smallest absolute Gasteiger partial charge is 0.369 e. The number of likely N-dealkylation sites (tertiary alicyclic amines) is 1. The molecule has 0 aliphatic carbocycles. The van der Waals surface area contributed by atoms with E-state index in [9.17, 15) is 27.9 Å². The Labute approximate surface area is 179 Å². The molecule has 3 heterocycles. The molecule has 1 aliphatic heterocycles. The lowest BCUT2D eigenvalue weighted by atomic mass is 10.0. The van der Waals surface area contributed by atoms with Gasteiger partial charge in [-0.15, -0.1) is 0 Å². The van der Waals surface area contributed by atoms with E-state index in [1.807, 2.05) is 0 Å². The van der Waals surface area contributed by atoms with Gasteiger partial charge in [0.05, 0.1) is 6.20 Å². The number of carbonyl (C=O) groups excluding carboxylic acids is 2. The molecule has 0 radical (unpaired) electrons. The number of rotatable bonds is 2. The van der Waals surface area contributed by atoms with E-state index in [1.165, 1.54) is 11.0 Å². The van der Waals surface area contributed by atoms with Crippen molar-refractivity contribution < 1.29 is 27.9 Å². The van der Waals surface area contributed by atoms with Crippen molar-refractivity contribution in [2.45, 2.75) is 18.2 Å². The van der Waals surface area contributed by atoms with E-state index in [0.29, 0.717) is 23.9 Å². The number of carbonyl (C=O) groups is 2. The highest BCUT2D eigenvalue weighted by Gasteiger charge is 2.42. The molecule has 1 saturated heterocycles. The molecular weight excluding hydrogens is 427 g/mol. The van der Waals surface area contributed by atoms with Crippen LogP contribution in [0.5, 0.6) is 0 Å².